The third-order valence-electron chi connectivity index (χ3n) is 7.05. The van der Waals surface area contributed by atoms with Crippen LogP contribution in [-0.4, -0.2) is 67.6 Å². The van der Waals surface area contributed by atoms with Crippen LogP contribution in [0.15, 0.2) is 48.5 Å². The maximum absolute atomic E-state index is 11.1. The van der Waals surface area contributed by atoms with Crippen LogP contribution in [0.1, 0.15) is 69.9 Å². The molecule has 0 radical (unpaired) electrons. The number of anilines is 2. The first kappa shape index (κ1) is 28.2. The van der Waals surface area contributed by atoms with Crippen molar-refractivity contribution in [2.45, 2.75) is 71.0 Å². The number of ketones is 1. The van der Waals surface area contributed by atoms with Crippen LogP contribution < -0.4 is 9.80 Å². The van der Waals surface area contributed by atoms with E-state index in [0.717, 1.165) is 55.7 Å². The van der Waals surface area contributed by atoms with Gasteiger partial charge < -0.3 is 24.7 Å². The minimum absolute atomic E-state index is 0.0308. The fourth-order valence-electron chi connectivity index (χ4n) is 5.25. The van der Waals surface area contributed by atoms with Crippen molar-refractivity contribution in [1.82, 2.24) is 0 Å². The van der Waals surface area contributed by atoms with Crippen LogP contribution in [0.3, 0.4) is 0 Å². The number of nitrogens with zero attached hydrogens (tertiary/aromatic N) is 2. The lowest BCUT2D eigenvalue weighted by Crippen LogP contribution is -2.51. The molecule has 2 aromatic carbocycles. The maximum Gasteiger partial charge on any atom is 0.155 e. The Hall–Kier alpha value is -2.41. The molecule has 0 bridgehead atoms. The average Bonchev–Trinajstić information content (AvgIpc) is 2.87. The Bertz CT molecular complexity index is 915. The third-order valence-corrected chi connectivity index (χ3v) is 7.05. The Morgan fingerprint density at radius 3 is 1.47 bits per heavy atom. The molecule has 6 heteroatoms. The molecule has 0 heterocycles. The van der Waals surface area contributed by atoms with Crippen LogP contribution in [0.2, 0.25) is 0 Å². The number of aliphatic hydroxyl groups excluding tert-OH is 2. The lowest BCUT2D eigenvalue weighted by atomic mass is 9.63. The molecule has 0 aliphatic heterocycles. The largest absolute Gasteiger partial charge is 0.392 e. The highest BCUT2D eigenvalue weighted by Crippen LogP contribution is 2.48. The van der Waals surface area contributed by atoms with Gasteiger partial charge in [-0.1, -0.05) is 45.0 Å². The van der Waals surface area contributed by atoms with Crippen LogP contribution in [-0.2, 0) is 9.53 Å². The summed E-state index contributed by atoms with van der Waals surface area (Å²) in [6.45, 7) is 12.4. The van der Waals surface area contributed by atoms with Crippen molar-refractivity contribution in [2.24, 2.45) is 0 Å². The highest BCUT2D eigenvalue weighted by molar-refractivity contribution is 5.76. The predicted octanol–water partition coefficient (Wildman–Crippen LogP) is 4.74. The van der Waals surface area contributed by atoms with Crippen molar-refractivity contribution >= 4 is 17.2 Å². The van der Waals surface area contributed by atoms with Crippen molar-refractivity contribution in [3.8, 4) is 0 Å². The maximum atomic E-state index is 11.1. The van der Waals surface area contributed by atoms with E-state index in [2.05, 4.69) is 54.8 Å². The third kappa shape index (κ3) is 6.87. The normalized spacial score (nSPS) is 21.2. The first-order valence-electron chi connectivity index (χ1n) is 13.5. The average molecular weight is 497 g/mol. The summed E-state index contributed by atoms with van der Waals surface area (Å²) < 4.78 is 5.45. The SMILES string of the molecule is CCCN(CCC)c1ccc(C2C(O)C(c3ccc(N(CCC)CCOCC(C)=O)cc3)C2O)cc1. The number of rotatable bonds is 15. The molecule has 198 valence electrons. The summed E-state index contributed by atoms with van der Waals surface area (Å²) in [5, 5.41) is 22.0. The quantitative estimate of drug-likeness (QED) is 0.347. The molecule has 0 aromatic heterocycles. The van der Waals surface area contributed by atoms with E-state index in [0.29, 0.717) is 13.2 Å². The van der Waals surface area contributed by atoms with Crippen molar-refractivity contribution in [3.05, 3.63) is 59.7 Å². The molecular weight excluding hydrogens is 452 g/mol. The van der Waals surface area contributed by atoms with Crippen LogP contribution in [0, 0.1) is 0 Å². The van der Waals surface area contributed by atoms with Gasteiger partial charge in [0.1, 0.15) is 6.61 Å². The van der Waals surface area contributed by atoms with Crippen LogP contribution in [0.4, 0.5) is 11.4 Å². The summed E-state index contributed by atoms with van der Waals surface area (Å²) in [6.07, 6.45) is 1.97. The first-order chi connectivity index (χ1) is 17.4. The Morgan fingerprint density at radius 1 is 0.722 bits per heavy atom. The molecule has 2 unspecified atom stereocenters. The summed E-state index contributed by atoms with van der Waals surface area (Å²) in [5.74, 6) is -0.535. The minimum Gasteiger partial charge on any atom is -0.392 e. The molecule has 0 spiro atoms. The van der Waals surface area contributed by atoms with E-state index in [-0.39, 0.29) is 24.2 Å². The molecule has 0 amide bonds. The van der Waals surface area contributed by atoms with Gasteiger partial charge in [-0.2, -0.15) is 0 Å². The van der Waals surface area contributed by atoms with Gasteiger partial charge in [-0.15, -0.1) is 0 Å². The lowest BCUT2D eigenvalue weighted by molar-refractivity contribution is -0.121. The molecule has 1 fully saturated rings. The van der Waals surface area contributed by atoms with Gasteiger partial charge in [-0.3, -0.25) is 4.79 Å². The number of carbonyl (C=O) groups excluding carboxylic acids is 1. The molecule has 6 nitrogen and oxygen atoms in total. The second kappa shape index (κ2) is 13.8. The highest BCUT2D eigenvalue weighted by Gasteiger charge is 2.50. The Labute approximate surface area is 216 Å². The summed E-state index contributed by atoms with van der Waals surface area (Å²) in [5.41, 5.74) is 4.21. The Morgan fingerprint density at radius 2 is 1.11 bits per heavy atom. The molecule has 2 aromatic rings. The van der Waals surface area contributed by atoms with E-state index >= 15 is 0 Å². The fourth-order valence-corrected chi connectivity index (χ4v) is 5.25. The molecule has 1 saturated carbocycles. The number of aliphatic hydroxyl groups is 2. The predicted molar refractivity (Wildman–Crippen MR) is 147 cm³/mol. The van der Waals surface area contributed by atoms with Gasteiger partial charge in [0.15, 0.2) is 5.78 Å². The van der Waals surface area contributed by atoms with E-state index in [1.54, 1.807) is 0 Å². The van der Waals surface area contributed by atoms with Gasteiger partial charge in [0.2, 0.25) is 0 Å². The number of hydrogen-bond donors (Lipinski definition) is 2. The minimum atomic E-state index is -0.620. The molecule has 0 saturated heterocycles. The number of hydrogen-bond acceptors (Lipinski definition) is 6. The highest BCUT2D eigenvalue weighted by atomic mass is 16.5. The van der Waals surface area contributed by atoms with E-state index in [4.69, 9.17) is 4.74 Å². The van der Waals surface area contributed by atoms with Gasteiger partial charge >= 0.3 is 0 Å². The molecule has 2 N–H and O–H groups in total. The summed E-state index contributed by atoms with van der Waals surface area (Å²) in [6, 6.07) is 16.5. The van der Waals surface area contributed by atoms with Crippen LogP contribution >= 0.6 is 0 Å². The van der Waals surface area contributed by atoms with Gasteiger partial charge in [-0.25, -0.2) is 0 Å². The topological polar surface area (TPSA) is 73.2 Å². The monoisotopic (exact) mass is 496 g/mol. The molecule has 1 aliphatic carbocycles. The zero-order valence-electron chi connectivity index (χ0n) is 22.4. The van der Waals surface area contributed by atoms with E-state index in [1.165, 1.54) is 12.6 Å². The second-order valence-electron chi connectivity index (χ2n) is 9.94. The fraction of sp³-hybridized carbons (Fsp3) is 0.567. The number of ether oxygens (including phenoxy) is 1. The van der Waals surface area contributed by atoms with Crippen molar-refractivity contribution in [3.63, 3.8) is 0 Å². The van der Waals surface area contributed by atoms with Gasteiger partial charge in [0, 0.05) is 49.4 Å². The molecule has 3 rings (SSSR count). The zero-order chi connectivity index (χ0) is 26.1. The lowest BCUT2D eigenvalue weighted by Gasteiger charge is -2.47. The number of Topliss-reactive ketones (excluding diaryl/α,β-unsaturated/α-hetero) is 1. The van der Waals surface area contributed by atoms with Crippen molar-refractivity contribution in [1.29, 1.82) is 0 Å². The van der Waals surface area contributed by atoms with Gasteiger partial charge in [0.05, 0.1) is 18.8 Å². The molecule has 2 atom stereocenters. The zero-order valence-corrected chi connectivity index (χ0v) is 22.4. The van der Waals surface area contributed by atoms with E-state index < -0.39 is 12.2 Å². The molecular formula is C30H44N2O4. The van der Waals surface area contributed by atoms with Crippen molar-refractivity contribution < 1.29 is 19.7 Å². The second-order valence-corrected chi connectivity index (χ2v) is 9.94. The first-order valence-corrected chi connectivity index (χ1v) is 13.5. The number of benzene rings is 2. The summed E-state index contributed by atoms with van der Waals surface area (Å²) in [4.78, 5) is 15.7. The molecule has 36 heavy (non-hydrogen) atoms. The van der Waals surface area contributed by atoms with Gasteiger partial charge in [-0.05, 0) is 61.6 Å². The summed E-state index contributed by atoms with van der Waals surface area (Å²) in [7, 11) is 0. The smallest absolute Gasteiger partial charge is 0.155 e. The van der Waals surface area contributed by atoms with Crippen molar-refractivity contribution in [2.75, 3.05) is 49.2 Å². The van der Waals surface area contributed by atoms with Crippen LogP contribution in [0.5, 0.6) is 0 Å². The number of carbonyl (C=O) groups is 1. The Kier molecular flexibility index (Phi) is 10.8. The van der Waals surface area contributed by atoms with E-state index in [9.17, 15) is 15.0 Å². The van der Waals surface area contributed by atoms with Gasteiger partial charge in [0.25, 0.3) is 0 Å². The van der Waals surface area contributed by atoms with E-state index in [1.807, 2.05) is 24.3 Å². The van der Waals surface area contributed by atoms with Crippen LogP contribution in [0.25, 0.3) is 0 Å². The molecule has 1 aliphatic rings. The Balaban J connectivity index is 1.63. The standard InChI is InChI=1S/C30H44N2O4/c1-5-16-31(17-6-2)25-12-8-23(9-13-25)27-29(34)28(30(27)35)24-10-14-26(15-11-24)32(18-7-3)19-20-36-21-22(4)33/h8-15,27-30,34-35H,5-7,16-21H2,1-4H3. The summed E-state index contributed by atoms with van der Waals surface area (Å²) >= 11 is 0.